The summed E-state index contributed by atoms with van der Waals surface area (Å²) in [4.78, 5) is 24.8. The Morgan fingerprint density at radius 1 is 1.38 bits per heavy atom. The molecule has 1 rings (SSSR count). The average Bonchev–Trinajstić information content (AvgIpc) is 3.27. The molecule has 0 bridgehead atoms. The van der Waals surface area contributed by atoms with Gasteiger partial charge in [-0.25, -0.2) is 4.79 Å². The first-order valence-electron chi connectivity index (χ1n) is 7.73. The van der Waals surface area contributed by atoms with Crippen molar-refractivity contribution < 1.29 is 19.4 Å². The van der Waals surface area contributed by atoms with E-state index < -0.39 is 5.97 Å². The van der Waals surface area contributed by atoms with Crippen molar-refractivity contribution in [1.82, 2.24) is 10.2 Å². The summed E-state index contributed by atoms with van der Waals surface area (Å²) in [7, 11) is 1.63. The third kappa shape index (κ3) is 6.33. The maximum atomic E-state index is 12.2. The lowest BCUT2D eigenvalue weighted by atomic mass is 10.1. The molecule has 0 spiro atoms. The minimum Gasteiger partial charge on any atom is -0.481 e. The van der Waals surface area contributed by atoms with E-state index in [9.17, 15) is 9.59 Å². The minimum absolute atomic E-state index is 0.0746. The monoisotopic (exact) mass is 300 g/mol. The van der Waals surface area contributed by atoms with Gasteiger partial charge in [-0.2, -0.15) is 0 Å². The molecule has 1 aliphatic rings. The molecule has 0 aromatic rings. The zero-order chi connectivity index (χ0) is 15.8. The number of aliphatic carboxylic acids is 1. The van der Waals surface area contributed by atoms with Crippen LogP contribution >= 0.6 is 0 Å². The molecule has 21 heavy (non-hydrogen) atoms. The number of ether oxygens (including phenoxy) is 1. The Bertz CT molecular complexity index is 345. The molecule has 1 aliphatic carbocycles. The average molecular weight is 300 g/mol. The van der Waals surface area contributed by atoms with Crippen LogP contribution in [0.1, 0.15) is 39.5 Å². The summed E-state index contributed by atoms with van der Waals surface area (Å²) < 4.78 is 5.07. The number of nitrogens with one attached hydrogen (secondary N) is 1. The first-order valence-corrected chi connectivity index (χ1v) is 7.73. The van der Waals surface area contributed by atoms with Crippen molar-refractivity contribution in [2.75, 3.05) is 26.8 Å². The number of carbonyl (C=O) groups excluding carboxylic acids is 1. The quantitative estimate of drug-likeness (QED) is 0.604. The van der Waals surface area contributed by atoms with Crippen LogP contribution in [0.2, 0.25) is 0 Å². The lowest BCUT2D eigenvalue weighted by Crippen LogP contribution is -2.47. The minimum atomic E-state index is -0.787. The standard InChI is InChI=1S/C15H28N2O4/c1-11(14(18)19)5-4-8-16-15(20)17(9-10-21-3)12(2)13-6-7-13/h11-13H,4-10H2,1-3H3,(H,16,20)(H,18,19). The SMILES string of the molecule is COCCN(C(=O)NCCCC(C)C(=O)O)C(C)C1CC1. The van der Waals surface area contributed by atoms with Crippen molar-refractivity contribution in [3.05, 3.63) is 0 Å². The Morgan fingerprint density at radius 3 is 2.57 bits per heavy atom. The van der Waals surface area contributed by atoms with Gasteiger partial charge in [0.25, 0.3) is 0 Å². The first kappa shape index (κ1) is 17.8. The molecule has 2 N–H and O–H groups in total. The van der Waals surface area contributed by atoms with Gasteiger partial charge in [-0.1, -0.05) is 6.92 Å². The zero-order valence-electron chi connectivity index (χ0n) is 13.3. The molecule has 2 atom stereocenters. The highest BCUT2D eigenvalue weighted by molar-refractivity contribution is 5.74. The number of carbonyl (C=O) groups is 2. The van der Waals surface area contributed by atoms with Crippen molar-refractivity contribution >= 4 is 12.0 Å². The molecule has 6 heteroatoms. The van der Waals surface area contributed by atoms with Gasteiger partial charge in [0.1, 0.15) is 0 Å². The normalized spacial score (nSPS) is 17.1. The van der Waals surface area contributed by atoms with Gasteiger partial charge >= 0.3 is 12.0 Å². The zero-order valence-corrected chi connectivity index (χ0v) is 13.3. The second-order valence-electron chi connectivity index (χ2n) is 5.88. The van der Waals surface area contributed by atoms with Gasteiger partial charge in [0.05, 0.1) is 12.5 Å². The number of carboxylic acids is 1. The molecule has 0 aromatic heterocycles. The molecule has 0 aromatic carbocycles. The van der Waals surface area contributed by atoms with E-state index in [0.717, 1.165) is 0 Å². The maximum absolute atomic E-state index is 12.2. The second kappa shape index (κ2) is 8.87. The fraction of sp³-hybridized carbons (Fsp3) is 0.867. The molecule has 122 valence electrons. The van der Waals surface area contributed by atoms with Gasteiger partial charge in [0, 0.05) is 26.2 Å². The molecule has 2 amide bonds. The number of carboxylic acid groups (broad SMARTS) is 1. The van der Waals surface area contributed by atoms with E-state index in [1.165, 1.54) is 12.8 Å². The van der Waals surface area contributed by atoms with Crippen LogP contribution in [-0.2, 0) is 9.53 Å². The largest absolute Gasteiger partial charge is 0.481 e. The van der Waals surface area contributed by atoms with Crippen LogP contribution in [0.3, 0.4) is 0 Å². The van der Waals surface area contributed by atoms with Crippen LogP contribution < -0.4 is 5.32 Å². The molecule has 0 aliphatic heterocycles. The predicted molar refractivity (Wildman–Crippen MR) is 80.2 cm³/mol. The lowest BCUT2D eigenvalue weighted by molar-refractivity contribution is -0.141. The fourth-order valence-corrected chi connectivity index (χ4v) is 2.34. The van der Waals surface area contributed by atoms with Crippen LogP contribution in [0.25, 0.3) is 0 Å². The Hall–Kier alpha value is -1.30. The van der Waals surface area contributed by atoms with E-state index >= 15 is 0 Å². The van der Waals surface area contributed by atoms with Gasteiger partial charge in [0.15, 0.2) is 0 Å². The van der Waals surface area contributed by atoms with Crippen molar-refractivity contribution in [1.29, 1.82) is 0 Å². The molecule has 1 saturated carbocycles. The van der Waals surface area contributed by atoms with E-state index in [1.54, 1.807) is 14.0 Å². The molecule has 0 heterocycles. The topological polar surface area (TPSA) is 78.9 Å². The van der Waals surface area contributed by atoms with E-state index in [-0.39, 0.29) is 18.0 Å². The van der Waals surface area contributed by atoms with Gasteiger partial charge in [-0.05, 0) is 38.5 Å². The highest BCUT2D eigenvalue weighted by Crippen LogP contribution is 2.35. The van der Waals surface area contributed by atoms with Crippen LogP contribution in [0.4, 0.5) is 4.79 Å². The summed E-state index contributed by atoms with van der Waals surface area (Å²) in [5.41, 5.74) is 0. The highest BCUT2D eigenvalue weighted by atomic mass is 16.5. The molecule has 2 unspecified atom stereocenters. The molecular weight excluding hydrogens is 272 g/mol. The van der Waals surface area contributed by atoms with Crippen molar-refractivity contribution in [2.45, 2.75) is 45.6 Å². The molecular formula is C15H28N2O4. The summed E-state index contributed by atoms with van der Waals surface area (Å²) in [6.45, 7) is 5.40. The fourth-order valence-electron chi connectivity index (χ4n) is 2.34. The van der Waals surface area contributed by atoms with Gasteiger partial charge in [-0.3, -0.25) is 4.79 Å². The summed E-state index contributed by atoms with van der Waals surface area (Å²) in [5, 5.41) is 11.7. The summed E-state index contributed by atoms with van der Waals surface area (Å²) in [6, 6.07) is 0.160. The molecule has 1 fully saturated rings. The molecule has 6 nitrogen and oxygen atoms in total. The number of hydrogen-bond donors (Lipinski definition) is 2. The predicted octanol–water partition coefficient (Wildman–Crippen LogP) is 1.94. The Balaban J connectivity index is 2.32. The van der Waals surface area contributed by atoms with Crippen LogP contribution in [0, 0.1) is 11.8 Å². The number of rotatable bonds is 10. The summed E-state index contributed by atoms with van der Waals surface area (Å²) in [6.07, 6.45) is 3.63. The summed E-state index contributed by atoms with van der Waals surface area (Å²) in [5.74, 6) is -0.540. The second-order valence-corrected chi connectivity index (χ2v) is 5.88. The van der Waals surface area contributed by atoms with E-state index in [0.29, 0.717) is 38.5 Å². The lowest BCUT2D eigenvalue weighted by Gasteiger charge is -2.29. The summed E-state index contributed by atoms with van der Waals surface area (Å²) >= 11 is 0. The van der Waals surface area contributed by atoms with Crippen molar-refractivity contribution in [2.24, 2.45) is 11.8 Å². The molecule has 0 saturated heterocycles. The van der Waals surface area contributed by atoms with Crippen LogP contribution in [0.5, 0.6) is 0 Å². The van der Waals surface area contributed by atoms with Crippen molar-refractivity contribution in [3.63, 3.8) is 0 Å². The van der Waals surface area contributed by atoms with Gasteiger partial charge < -0.3 is 20.1 Å². The van der Waals surface area contributed by atoms with E-state index in [2.05, 4.69) is 12.2 Å². The maximum Gasteiger partial charge on any atom is 0.317 e. The van der Waals surface area contributed by atoms with Crippen LogP contribution in [0.15, 0.2) is 0 Å². The van der Waals surface area contributed by atoms with Gasteiger partial charge in [-0.15, -0.1) is 0 Å². The Kier molecular flexibility index (Phi) is 7.50. The van der Waals surface area contributed by atoms with Crippen molar-refractivity contribution in [3.8, 4) is 0 Å². The van der Waals surface area contributed by atoms with E-state index in [1.807, 2.05) is 4.90 Å². The number of methoxy groups -OCH3 is 1. The highest BCUT2D eigenvalue weighted by Gasteiger charge is 2.34. The van der Waals surface area contributed by atoms with E-state index in [4.69, 9.17) is 9.84 Å². The van der Waals surface area contributed by atoms with Crippen LogP contribution in [-0.4, -0.2) is 54.9 Å². The number of hydrogen-bond acceptors (Lipinski definition) is 3. The third-order valence-electron chi connectivity index (χ3n) is 4.10. The number of amides is 2. The first-order chi connectivity index (χ1) is 9.97. The molecule has 0 radical (unpaired) electrons. The Morgan fingerprint density at radius 2 is 2.05 bits per heavy atom. The third-order valence-corrected chi connectivity index (χ3v) is 4.10. The Labute approximate surface area is 126 Å². The number of urea groups is 1. The smallest absolute Gasteiger partial charge is 0.317 e. The van der Waals surface area contributed by atoms with Gasteiger partial charge in [0.2, 0.25) is 0 Å². The number of nitrogens with zero attached hydrogens (tertiary/aromatic N) is 1.